The number of aldehydes is 1. The zero-order valence-electron chi connectivity index (χ0n) is 23.8. The summed E-state index contributed by atoms with van der Waals surface area (Å²) in [5.74, 6) is -1.31. The van der Waals surface area contributed by atoms with Crippen LogP contribution >= 0.6 is 0 Å². The zero-order valence-corrected chi connectivity index (χ0v) is 23.8. The SMILES string of the molecule is CC(=O)CCCCC(=O)N[C@@](C=O)(CN[C@@H](CCCNC(N)=O)C(=O)Nc1ccc(COC(C)=O)cc1)C(C)C. The number of carbonyl (C=O) groups excluding carboxylic acids is 6. The third kappa shape index (κ3) is 13.3. The van der Waals surface area contributed by atoms with Crippen molar-refractivity contribution >= 4 is 41.6 Å². The highest BCUT2D eigenvalue weighted by Crippen LogP contribution is 2.17. The average molecular weight is 562 g/mol. The molecule has 0 heterocycles. The predicted molar refractivity (Wildman–Crippen MR) is 150 cm³/mol. The Morgan fingerprint density at radius 1 is 1.00 bits per heavy atom. The molecule has 6 N–H and O–H groups in total. The second kappa shape index (κ2) is 17.7. The number of carbonyl (C=O) groups is 6. The van der Waals surface area contributed by atoms with Crippen LogP contribution in [0, 0.1) is 5.92 Å². The van der Waals surface area contributed by atoms with Gasteiger partial charge in [-0.1, -0.05) is 26.0 Å². The van der Waals surface area contributed by atoms with Gasteiger partial charge >= 0.3 is 12.0 Å². The minimum absolute atomic E-state index is 0.00396. The molecule has 0 bridgehead atoms. The zero-order chi connectivity index (χ0) is 30.1. The summed E-state index contributed by atoms with van der Waals surface area (Å²) in [6, 6.07) is 5.37. The normalized spacial score (nSPS) is 13.0. The lowest BCUT2D eigenvalue weighted by molar-refractivity contribution is -0.142. The van der Waals surface area contributed by atoms with Crippen LogP contribution in [-0.2, 0) is 35.3 Å². The number of unbranched alkanes of at least 4 members (excludes halogenated alkanes) is 1. The van der Waals surface area contributed by atoms with Crippen LogP contribution in [0.1, 0.15) is 71.8 Å². The maximum Gasteiger partial charge on any atom is 0.312 e. The van der Waals surface area contributed by atoms with Crippen LogP contribution in [-0.4, -0.2) is 60.6 Å². The topological polar surface area (TPSA) is 186 Å². The van der Waals surface area contributed by atoms with Crippen LogP contribution in [0.3, 0.4) is 0 Å². The molecule has 0 saturated heterocycles. The Balaban J connectivity index is 2.92. The molecule has 4 amide bonds. The van der Waals surface area contributed by atoms with Gasteiger partial charge in [0.25, 0.3) is 0 Å². The van der Waals surface area contributed by atoms with Crippen molar-refractivity contribution in [2.24, 2.45) is 11.7 Å². The second-order valence-electron chi connectivity index (χ2n) is 10.1. The van der Waals surface area contributed by atoms with Crippen LogP contribution in [0.4, 0.5) is 10.5 Å². The lowest BCUT2D eigenvalue weighted by Gasteiger charge is -2.35. The van der Waals surface area contributed by atoms with Gasteiger partial charge in [0.2, 0.25) is 11.8 Å². The van der Waals surface area contributed by atoms with Gasteiger partial charge in [-0.05, 0) is 56.2 Å². The number of nitrogens with two attached hydrogens (primary N) is 1. The summed E-state index contributed by atoms with van der Waals surface area (Å²) in [5.41, 5.74) is 5.13. The van der Waals surface area contributed by atoms with Crippen molar-refractivity contribution < 1.29 is 33.5 Å². The van der Waals surface area contributed by atoms with E-state index >= 15 is 0 Å². The van der Waals surface area contributed by atoms with Gasteiger partial charge in [-0.2, -0.15) is 0 Å². The first kappa shape index (κ1) is 34.2. The average Bonchev–Trinajstić information content (AvgIpc) is 2.89. The van der Waals surface area contributed by atoms with E-state index in [1.54, 1.807) is 38.1 Å². The summed E-state index contributed by atoms with van der Waals surface area (Å²) in [6.07, 6.45) is 3.09. The van der Waals surface area contributed by atoms with E-state index in [1.807, 2.05) is 0 Å². The lowest BCUT2D eigenvalue weighted by Crippen LogP contribution is -2.61. The van der Waals surface area contributed by atoms with Crippen LogP contribution in [0.15, 0.2) is 24.3 Å². The minimum Gasteiger partial charge on any atom is -0.461 e. The fourth-order valence-corrected chi connectivity index (χ4v) is 3.82. The molecule has 0 aliphatic rings. The first-order chi connectivity index (χ1) is 18.9. The van der Waals surface area contributed by atoms with Crippen molar-refractivity contribution in [2.45, 2.75) is 84.4 Å². The Morgan fingerprint density at radius 3 is 2.20 bits per heavy atom. The molecule has 0 saturated carbocycles. The molecule has 1 rings (SSSR count). The molecule has 12 heteroatoms. The molecule has 0 aromatic heterocycles. The molecular weight excluding hydrogens is 518 g/mol. The maximum absolute atomic E-state index is 13.2. The quantitative estimate of drug-likeness (QED) is 0.0963. The van der Waals surface area contributed by atoms with E-state index in [1.165, 1.54) is 13.8 Å². The highest BCUT2D eigenvalue weighted by atomic mass is 16.5. The standard InChI is InChI=1S/C28H43N5O7/c1-19(2)28(18-34,33-25(37)10-6-5-8-20(3)35)17-31-24(9-7-15-30-27(29)39)26(38)32-23-13-11-22(12-14-23)16-40-21(4)36/h11-14,18-19,24,31H,5-10,15-17H2,1-4H3,(H,32,38)(H,33,37)(H3,29,30,39)/t24-,28+/m0/s1. The summed E-state index contributed by atoms with van der Waals surface area (Å²) in [6.45, 7) is 6.79. The van der Waals surface area contributed by atoms with Crippen LogP contribution in [0.5, 0.6) is 0 Å². The van der Waals surface area contributed by atoms with Crippen LogP contribution in [0.2, 0.25) is 0 Å². The van der Waals surface area contributed by atoms with Gasteiger partial charge in [0.1, 0.15) is 24.2 Å². The molecule has 40 heavy (non-hydrogen) atoms. The van der Waals surface area contributed by atoms with E-state index < -0.39 is 23.6 Å². The number of primary amides is 1. The summed E-state index contributed by atoms with van der Waals surface area (Å²) < 4.78 is 4.97. The number of ether oxygens (including phenoxy) is 1. The van der Waals surface area contributed by atoms with Crippen molar-refractivity contribution in [3.8, 4) is 0 Å². The van der Waals surface area contributed by atoms with Gasteiger partial charge in [0.05, 0.1) is 6.04 Å². The fraction of sp³-hybridized carbons (Fsp3) is 0.571. The molecule has 0 unspecified atom stereocenters. The molecule has 0 fully saturated rings. The number of ketones is 1. The van der Waals surface area contributed by atoms with E-state index in [4.69, 9.17) is 10.5 Å². The molecule has 0 radical (unpaired) electrons. The monoisotopic (exact) mass is 561 g/mol. The lowest BCUT2D eigenvalue weighted by atomic mass is 9.86. The van der Waals surface area contributed by atoms with Gasteiger partial charge in [-0.15, -0.1) is 0 Å². The number of anilines is 1. The van der Waals surface area contributed by atoms with Crippen molar-refractivity contribution in [1.82, 2.24) is 16.0 Å². The molecule has 0 aliphatic carbocycles. The smallest absolute Gasteiger partial charge is 0.312 e. The molecule has 0 spiro atoms. The Hall–Kier alpha value is -3.80. The number of Topliss-reactive ketones (excluding diaryl/α,β-unsaturated/α-hetero) is 1. The van der Waals surface area contributed by atoms with Crippen molar-refractivity contribution in [3.05, 3.63) is 29.8 Å². The second-order valence-corrected chi connectivity index (χ2v) is 10.1. The number of hydrogen-bond acceptors (Lipinski definition) is 8. The predicted octanol–water partition coefficient (Wildman–Crippen LogP) is 1.95. The molecule has 0 aliphatic heterocycles. The number of benzene rings is 1. The molecular formula is C28H43N5O7. The molecule has 2 atom stereocenters. The van der Waals surface area contributed by atoms with Crippen LogP contribution in [0.25, 0.3) is 0 Å². The van der Waals surface area contributed by atoms with Gasteiger partial charge in [-0.25, -0.2) is 4.79 Å². The Kier molecular flexibility index (Phi) is 15.2. The van der Waals surface area contributed by atoms with Crippen molar-refractivity contribution in [2.75, 3.05) is 18.4 Å². The Morgan fingerprint density at radius 2 is 1.65 bits per heavy atom. The largest absolute Gasteiger partial charge is 0.461 e. The van der Waals surface area contributed by atoms with Gasteiger partial charge in [0.15, 0.2) is 0 Å². The van der Waals surface area contributed by atoms with Crippen LogP contribution < -0.4 is 27.0 Å². The first-order valence-corrected chi connectivity index (χ1v) is 13.4. The van der Waals surface area contributed by atoms with Gasteiger partial charge in [-0.3, -0.25) is 14.4 Å². The van der Waals surface area contributed by atoms with Gasteiger partial charge in [0, 0.05) is 38.5 Å². The summed E-state index contributed by atoms with van der Waals surface area (Å²) in [7, 11) is 0. The number of hydrogen-bond donors (Lipinski definition) is 5. The van der Waals surface area contributed by atoms with E-state index in [2.05, 4.69) is 21.3 Å². The first-order valence-electron chi connectivity index (χ1n) is 13.4. The summed E-state index contributed by atoms with van der Waals surface area (Å²) >= 11 is 0. The number of urea groups is 1. The maximum atomic E-state index is 13.2. The van der Waals surface area contributed by atoms with E-state index in [-0.39, 0.29) is 49.6 Å². The minimum atomic E-state index is -1.26. The third-order valence-corrected chi connectivity index (χ3v) is 6.39. The third-order valence-electron chi connectivity index (χ3n) is 6.39. The number of esters is 1. The van der Waals surface area contributed by atoms with Gasteiger partial charge < -0.3 is 41.3 Å². The molecule has 1 aromatic rings. The summed E-state index contributed by atoms with van der Waals surface area (Å²) in [5, 5.41) is 11.3. The van der Waals surface area contributed by atoms with E-state index in [9.17, 15) is 28.8 Å². The number of rotatable bonds is 19. The molecule has 12 nitrogen and oxygen atoms in total. The van der Waals surface area contributed by atoms with Crippen molar-refractivity contribution in [3.63, 3.8) is 0 Å². The summed E-state index contributed by atoms with van der Waals surface area (Å²) in [4.78, 5) is 71.3. The molecule has 1 aromatic carbocycles. The Labute approximate surface area is 235 Å². The number of nitrogens with one attached hydrogen (secondary N) is 4. The highest BCUT2D eigenvalue weighted by Gasteiger charge is 2.36. The number of amides is 4. The van der Waals surface area contributed by atoms with E-state index in [0.717, 1.165) is 5.56 Å². The molecule has 222 valence electrons. The highest BCUT2D eigenvalue weighted by molar-refractivity contribution is 5.95. The van der Waals surface area contributed by atoms with Crippen molar-refractivity contribution in [1.29, 1.82) is 0 Å². The Bertz CT molecular complexity index is 1010. The van der Waals surface area contributed by atoms with E-state index in [0.29, 0.717) is 44.1 Å². The fourth-order valence-electron chi connectivity index (χ4n) is 3.82.